The van der Waals surface area contributed by atoms with Crippen molar-refractivity contribution >= 4 is 40.0 Å². The first-order chi connectivity index (χ1) is 23.0. The van der Waals surface area contributed by atoms with Crippen LogP contribution in [0.1, 0.15) is 58.4 Å². The Labute approximate surface area is 285 Å². The number of ether oxygens (including phenoxy) is 2. The highest BCUT2D eigenvalue weighted by molar-refractivity contribution is 6.33. The van der Waals surface area contributed by atoms with Crippen molar-refractivity contribution in [3.8, 4) is 6.01 Å². The highest BCUT2D eigenvalue weighted by Gasteiger charge is 2.64. The van der Waals surface area contributed by atoms with Gasteiger partial charge in [0.15, 0.2) is 5.82 Å². The third-order valence-corrected chi connectivity index (χ3v) is 11.1. The normalized spacial score (nSPS) is 29.1. The molecule has 9 rings (SSSR count). The topological polar surface area (TPSA) is 91.3 Å². The van der Waals surface area contributed by atoms with Gasteiger partial charge in [-0.05, 0) is 95.7 Å². The second-order valence-corrected chi connectivity index (χ2v) is 15.5. The molecule has 11 heteroatoms. The molecule has 0 radical (unpaired) electrons. The summed E-state index contributed by atoms with van der Waals surface area (Å²) in [6.07, 6.45) is 16.1. The van der Waals surface area contributed by atoms with Crippen LogP contribution in [0.3, 0.4) is 0 Å². The monoisotopic (exact) mass is 675 g/mol. The summed E-state index contributed by atoms with van der Waals surface area (Å²) >= 11 is 7.01. The molecule has 4 aliphatic heterocycles. The molecule has 7 aliphatic rings. The van der Waals surface area contributed by atoms with Gasteiger partial charge in [-0.2, -0.15) is 9.97 Å². The van der Waals surface area contributed by atoms with Gasteiger partial charge in [-0.15, -0.1) is 0 Å². The van der Waals surface area contributed by atoms with Crippen molar-refractivity contribution < 1.29 is 23.8 Å². The summed E-state index contributed by atoms with van der Waals surface area (Å²) in [4.78, 5) is 29.3. The number of hydrogen-bond donors (Lipinski definition) is 1. The van der Waals surface area contributed by atoms with Gasteiger partial charge in [0.25, 0.3) is 0 Å². The zero-order valence-electron chi connectivity index (χ0n) is 27.8. The minimum atomic E-state index is -0.593. The van der Waals surface area contributed by atoms with Crippen LogP contribution in [-0.2, 0) is 4.74 Å². The van der Waals surface area contributed by atoms with Crippen LogP contribution in [0, 0.1) is 23.1 Å². The van der Waals surface area contributed by atoms with E-state index in [1.54, 1.807) is 12.1 Å². The molecule has 4 unspecified atom stereocenters. The molecule has 254 valence electrons. The summed E-state index contributed by atoms with van der Waals surface area (Å²) in [5, 5.41) is 11.5. The van der Waals surface area contributed by atoms with Crippen LogP contribution in [0.5, 0.6) is 6.01 Å². The smallest absolute Gasteiger partial charge is 0.410 e. The van der Waals surface area contributed by atoms with Crippen LogP contribution in [-0.4, -0.2) is 88.0 Å². The SMILES string of the molecule is CC(C)(C)OC(=O)N1CC2CCCC1CN2c1nc(OCCCN2CCC2)nc2c(F)c(C3=CC(O)=CC45C=CC=CC4[C@H]35)c(Cl)cc12. The van der Waals surface area contributed by atoms with E-state index in [0.29, 0.717) is 36.5 Å². The molecule has 1 aromatic carbocycles. The number of aliphatic hydroxyl groups is 1. The number of carbonyl (C=O) groups excluding carboxylic acids is 1. The van der Waals surface area contributed by atoms with E-state index in [4.69, 9.17) is 26.1 Å². The number of rotatable bonds is 7. The Bertz CT molecular complexity index is 1780. The number of aromatic nitrogens is 2. The number of likely N-dealkylation sites (tertiary alicyclic amines) is 1. The molecule has 2 aromatic rings. The van der Waals surface area contributed by atoms with Crippen LogP contribution < -0.4 is 9.64 Å². The van der Waals surface area contributed by atoms with Gasteiger partial charge in [0.05, 0.1) is 17.7 Å². The highest BCUT2D eigenvalue weighted by Crippen LogP contribution is 2.70. The molecule has 1 N–H and O–H groups in total. The summed E-state index contributed by atoms with van der Waals surface area (Å²) in [5.74, 6) is 0.204. The summed E-state index contributed by atoms with van der Waals surface area (Å²) in [6, 6.07) is 1.76. The molecule has 5 heterocycles. The zero-order valence-corrected chi connectivity index (χ0v) is 28.5. The Hall–Kier alpha value is -3.63. The molecular weight excluding hydrogens is 633 g/mol. The molecule has 4 saturated heterocycles. The average Bonchev–Trinajstić information content (AvgIpc) is 3.76. The summed E-state index contributed by atoms with van der Waals surface area (Å²) < 4.78 is 29.0. The number of carbonyl (C=O) groups is 1. The Morgan fingerprint density at radius 2 is 1.96 bits per heavy atom. The first kappa shape index (κ1) is 31.6. The maximum Gasteiger partial charge on any atom is 0.410 e. The van der Waals surface area contributed by atoms with Gasteiger partial charge in [-0.25, -0.2) is 9.18 Å². The van der Waals surface area contributed by atoms with Crippen molar-refractivity contribution in [1.29, 1.82) is 0 Å². The number of fused-ring (bicyclic) bond motifs is 6. The predicted molar refractivity (Wildman–Crippen MR) is 184 cm³/mol. The van der Waals surface area contributed by atoms with Crippen molar-refractivity contribution in [2.24, 2.45) is 17.3 Å². The first-order valence-corrected chi connectivity index (χ1v) is 17.7. The van der Waals surface area contributed by atoms with Crippen molar-refractivity contribution in [2.45, 2.75) is 70.6 Å². The lowest BCUT2D eigenvalue weighted by Gasteiger charge is -2.44. The van der Waals surface area contributed by atoms with E-state index in [-0.39, 0.29) is 63.3 Å². The van der Waals surface area contributed by atoms with Crippen molar-refractivity contribution in [2.75, 3.05) is 44.2 Å². The van der Waals surface area contributed by atoms with E-state index in [1.807, 2.05) is 43.9 Å². The number of piperazine rings is 1. The van der Waals surface area contributed by atoms with E-state index >= 15 is 4.39 Å². The Morgan fingerprint density at radius 3 is 2.73 bits per heavy atom. The van der Waals surface area contributed by atoms with Crippen LogP contribution in [0.4, 0.5) is 15.0 Å². The lowest BCUT2D eigenvalue weighted by atomic mass is 9.88. The lowest BCUT2D eigenvalue weighted by molar-refractivity contribution is 0.0123. The van der Waals surface area contributed by atoms with Gasteiger partial charge in [-0.3, -0.25) is 0 Å². The highest BCUT2D eigenvalue weighted by atomic mass is 35.5. The van der Waals surface area contributed by atoms with Gasteiger partial charge >= 0.3 is 12.1 Å². The predicted octanol–water partition coefficient (Wildman–Crippen LogP) is 7.07. The van der Waals surface area contributed by atoms with Gasteiger partial charge in [-0.1, -0.05) is 35.9 Å². The summed E-state index contributed by atoms with van der Waals surface area (Å²) in [5.41, 5.74) is 0.0931. The summed E-state index contributed by atoms with van der Waals surface area (Å²) in [7, 11) is 0. The van der Waals surface area contributed by atoms with E-state index in [1.165, 1.54) is 6.42 Å². The third-order valence-electron chi connectivity index (χ3n) is 10.8. The Kier molecular flexibility index (Phi) is 7.75. The van der Waals surface area contributed by atoms with Crippen LogP contribution in [0.15, 0.2) is 48.3 Å². The molecule has 1 aromatic heterocycles. The average molecular weight is 676 g/mol. The Balaban J connectivity index is 1.18. The fourth-order valence-electron chi connectivity index (χ4n) is 8.43. The van der Waals surface area contributed by atoms with Gasteiger partial charge in [0, 0.05) is 48.0 Å². The number of hydrogen-bond acceptors (Lipinski definition) is 8. The number of anilines is 1. The molecule has 5 atom stereocenters. The molecule has 5 fully saturated rings. The number of allylic oxidation sites excluding steroid dienone is 7. The van der Waals surface area contributed by atoms with Crippen LogP contribution in [0.25, 0.3) is 16.5 Å². The second-order valence-electron chi connectivity index (χ2n) is 15.1. The number of benzene rings is 1. The van der Waals surface area contributed by atoms with Gasteiger partial charge in [0.1, 0.15) is 22.7 Å². The third kappa shape index (κ3) is 5.45. The molecule has 3 aliphatic carbocycles. The van der Waals surface area contributed by atoms with E-state index < -0.39 is 11.4 Å². The van der Waals surface area contributed by atoms with Crippen LogP contribution >= 0.6 is 11.6 Å². The maximum atomic E-state index is 17.1. The standard InChI is InChI=1S/C37H43ClFN5O4/c1-36(2,3)48-35(46)44-21-22-9-6-10-23(44)20-43(22)33-26-18-28(38)29(25-17-24(45)19-37-12-5-4-11-27(37)30(25)37)31(39)32(26)40-34(41-33)47-16-8-15-42-13-7-14-42/h4-5,11-12,17-19,22-23,27,30,45H,6-10,13-16,20-21H2,1-3H3/t22?,23?,27?,30-,37?/m0/s1. The minimum Gasteiger partial charge on any atom is -0.508 e. The second kappa shape index (κ2) is 11.8. The van der Waals surface area contributed by atoms with E-state index in [2.05, 4.69) is 26.9 Å². The quantitative estimate of drug-likeness (QED) is 0.312. The zero-order chi connectivity index (χ0) is 33.4. The molecule has 1 amide bonds. The van der Waals surface area contributed by atoms with Crippen LogP contribution in [0.2, 0.25) is 5.02 Å². The Morgan fingerprint density at radius 1 is 1.15 bits per heavy atom. The van der Waals surface area contributed by atoms with Crippen molar-refractivity contribution in [3.05, 3.63) is 64.7 Å². The van der Waals surface area contributed by atoms with E-state index in [9.17, 15) is 9.90 Å². The van der Waals surface area contributed by atoms with E-state index in [0.717, 1.165) is 45.3 Å². The fraction of sp³-hybridized carbons (Fsp3) is 0.541. The minimum absolute atomic E-state index is 0.0356. The first-order valence-electron chi connectivity index (χ1n) is 17.3. The molecule has 1 spiro atoms. The molecule has 9 nitrogen and oxygen atoms in total. The number of amides is 1. The molecule has 48 heavy (non-hydrogen) atoms. The molecular formula is C37H43ClFN5O4. The maximum absolute atomic E-state index is 17.1. The fourth-order valence-corrected chi connectivity index (χ4v) is 8.73. The largest absolute Gasteiger partial charge is 0.508 e. The number of aliphatic hydroxyl groups excluding tert-OH is 1. The lowest BCUT2D eigenvalue weighted by Crippen LogP contribution is -2.59. The molecule has 1 saturated carbocycles. The summed E-state index contributed by atoms with van der Waals surface area (Å²) in [6.45, 7) is 10.2. The van der Waals surface area contributed by atoms with Crippen molar-refractivity contribution in [1.82, 2.24) is 19.8 Å². The number of nitrogens with zero attached hydrogens (tertiary/aromatic N) is 5. The molecule has 2 bridgehead atoms. The van der Waals surface area contributed by atoms with Gasteiger partial charge < -0.3 is 29.3 Å². The van der Waals surface area contributed by atoms with Gasteiger partial charge in [0.2, 0.25) is 0 Å². The number of halogens is 2. The van der Waals surface area contributed by atoms with Crippen molar-refractivity contribution in [3.63, 3.8) is 0 Å².